The Morgan fingerprint density at radius 3 is 2.56 bits per heavy atom. The van der Waals surface area contributed by atoms with E-state index < -0.39 is 21.1 Å². The maximum absolute atomic E-state index is 12.0. The van der Waals surface area contributed by atoms with Crippen LogP contribution < -0.4 is 0 Å². The summed E-state index contributed by atoms with van der Waals surface area (Å²) in [7, 11) is -3.33. The first-order chi connectivity index (χ1) is 8.38. The number of carboxylic acids is 1. The van der Waals surface area contributed by atoms with Gasteiger partial charge in [-0.1, -0.05) is 19.1 Å². The van der Waals surface area contributed by atoms with E-state index in [4.69, 9.17) is 5.11 Å². The molecule has 0 radical (unpaired) electrons. The quantitative estimate of drug-likeness (QED) is 0.814. The van der Waals surface area contributed by atoms with Crippen LogP contribution >= 0.6 is 11.8 Å². The van der Waals surface area contributed by atoms with Crippen LogP contribution in [0.2, 0.25) is 0 Å². The van der Waals surface area contributed by atoms with E-state index in [1.807, 2.05) is 0 Å². The topological polar surface area (TPSA) is 71.4 Å². The van der Waals surface area contributed by atoms with Crippen molar-refractivity contribution in [1.29, 1.82) is 0 Å². The Balaban J connectivity index is 3.11. The highest BCUT2D eigenvalue weighted by molar-refractivity contribution is 8.01. The van der Waals surface area contributed by atoms with Crippen LogP contribution in [0.5, 0.6) is 0 Å². The Labute approximate surface area is 111 Å². The van der Waals surface area contributed by atoms with Crippen LogP contribution in [0.3, 0.4) is 0 Å². The zero-order valence-electron chi connectivity index (χ0n) is 10.3. The van der Waals surface area contributed by atoms with Crippen LogP contribution in [0.1, 0.15) is 20.3 Å². The zero-order chi connectivity index (χ0) is 13.8. The fourth-order valence-corrected chi connectivity index (χ4v) is 4.19. The molecule has 0 aliphatic heterocycles. The highest BCUT2D eigenvalue weighted by Crippen LogP contribution is 2.30. The molecule has 100 valence electrons. The van der Waals surface area contributed by atoms with Gasteiger partial charge in [-0.15, -0.1) is 11.8 Å². The molecule has 1 aromatic rings. The minimum Gasteiger partial charge on any atom is -0.480 e. The van der Waals surface area contributed by atoms with Crippen LogP contribution in [-0.2, 0) is 14.6 Å². The van der Waals surface area contributed by atoms with E-state index in [0.717, 1.165) is 11.8 Å². The Bertz CT molecular complexity index is 523. The third kappa shape index (κ3) is 3.74. The average Bonchev–Trinajstić information content (AvgIpc) is 2.29. The van der Waals surface area contributed by atoms with E-state index >= 15 is 0 Å². The number of thioether (sulfide) groups is 1. The molecule has 0 fully saturated rings. The van der Waals surface area contributed by atoms with Gasteiger partial charge in [-0.25, -0.2) is 8.42 Å². The van der Waals surface area contributed by atoms with Gasteiger partial charge in [0, 0.05) is 4.90 Å². The number of benzene rings is 1. The summed E-state index contributed by atoms with van der Waals surface area (Å²) in [6.45, 7) is 3.34. The summed E-state index contributed by atoms with van der Waals surface area (Å²) < 4.78 is 24.1. The third-order valence-corrected chi connectivity index (χ3v) is 5.57. The summed E-state index contributed by atoms with van der Waals surface area (Å²) >= 11 is 1.05. The van der Waals surface area contributed by atoms with Crippen LogP contribution in [0.25, 0.3) is 0 Å². The highest BCUT2D eigenvalue weighted by atomic mass is 32.2. The molecule has 0 heterocycles. The number of rotatable bonds is 6. The molecule has 4 nitrogen and oxygen atoms in total. The Morgan fingerprint density at radius 2 is 2.00 bits per heavy atom. The molecule has 18 heavy (non-hydrogen) atoms. The van der Waals surface area contributed by atoms with Gasteiger partial charge in [0.05, 0.1) is 10.6 Å². The van der Waals surface area contributed by atoms with Gasteiger partial charge in [-0.2, -0.15) is 0 Å². The molecule has 0 aliphatic carbocycles. The van der Waals surface area contributed by atoms with Crippen molar-refractivity contribution in [1.82, 2.24) is 0 Å². The van der Waals surface area contributed by atoms with Crippen LogP contribution in [-0.4, -0.2) is 30.5 Å². The molecule has 0 amide bonds. The summed E-state index contributed by atoms with van der Waals surface area (Å²) in [5.41, 5.74) is 0. The third-order valence-electron chi connectivity index (χ3n) is 2.31. The second-order valence-electron chi connectivity index (χ2n) is 3.86. The molecule has 6 heteroatoms. The lowest BCUT2D eigenvalue weighted by atomic mass is 10.4. The van der Waals surface area contributed by atoms with E-state index in [2.05, 4.69) is 0 Å². The Morgan fingerprint density at radius 1 is 1.39 bits per heavy atom. The summed E-state index contributed by atoms with van der Waals surface area (Å²) in [6, 6.07) is 6.54. The molecule has 0 aromatic heterocycles. The van der Waals surface area contributed by atoms with Crippen molar-refractivity contribution in [2.45, 2.75) is 35.3 Å². The highest BCUT2D eigenvalue weighted by Gasteiger charge is 2.21. The predicted octanol–water partition coefficient (Wildman–Crippen LogP) is 2.44. The van der Waals surface area contributed by atoms with Crippen molar-refractivity contribution in [2.75, 3.05) is 5.75 Å². The summed E-state index contributed by atoms with van der Waals surface area (Å²) in [6.07, 6.45) is 0.538. The molecule has 1 aromatic carbocycles. The molecule has 0 aliphatic rings. The lowest BCUT2D eigenvalue weighted by Gasteiger charge is -2.11. The van der Waals surface area contributed by atoms with Crippen LogP contribution in [0, 0.1) is 0 Å². The van der Waals surface area contributed by atoms with E-state index in [0.29, 0.717) is 11.3 Å². The van der Waals surface area contributed by atoms with Gasteiger partial charge >= 0.3 is 5.97 Å². The lowest BCUT2D eigenvalue weighted by molar-refractivity contribution is -0.136. The van der Waals surface area contributed by atoms with E-state index in [1.54, 1.807) is 25.1 Å². The van der Waals surface area contributed by atoms with Gasteiger partial charge < -0.3 is 5.11 Å². The second-order valence-corrected chi connectivity index (χ2v) is 7.32. The van der Waals surface area contributed by atoms with Crippen molar-refractivity contribution in [3.05, 3.63) is 24.3 Å². The average molecular weight is 288 g/mol. The number of carbonyl (C=O) groups is 1. The predicted molar refractivity (Wildman–Crippen MR) is 71.7 cm³/mol. The molecular formula is C12H16O4S2. The number of hydrogen-bond donors (Lipinski definition) is 1. The normalized spacial score (nSPS) is 13.2. The minimum absolute atomic E-state index is 0.0754. The number of sulfone groups is 1. The lowest BCUT2D eigenvalue weighted by Crippen LogP contribution is -2.13. The monoisotopic (exact) mass is 288 g/mol. The molecule has 0 spiro atoms. The van der Waals surface area contributed by atoms with E-state index in [9.17, 15) is 13.2 Å². The fourth-order valence-electron chi connectivity index (χ4n) is 1.42. The summed E-state index contributed by atoms with van der Waals surface area (Å²) in [5, 5.41) is 8.19. The van der Waals surface area contributed by atoms with E-state index in [1.165, 1.54) is 13.0 Å². The van der Waals surface area contributed by atoms with E-state index in [-0.39, 0.29) is 10.6 Å². The number of aliphatic carboxylic acids is 1. The maximum Gasteiger partial charge on any atom is 0.316 e. The molecule has 0 bridgehead atoms. The number of hydrogen-bond acceptors (Lipinski definition) is 4. The largest absolute Gasteiger partial charge is 0.480 e. The summed E-state index contributed by atoms with van der Waals surface area (Å²) in [4.78, 5) is 11.5. The summed E-state index contributed by atoms with van der Waals surface area (Å²) in [5.74, 6) is -0.880. The molecule has 0 saturated carbocycles. The zero-order valence-corrected chi connectivity index (χ0v) is 11.9. The van der Waals surface area contributed by atoms with Crippen molar-refractivity contribution in [2.24, 2.45) is 0 Å². The maximum atomic E-state index is 12.0. The Hall–Kier alpha value is -1.01. The Kier molecular flexibility index (Phi) is 5.22. The van der Waals surface area contributed by atoms with Crippen LogP contribution in [0.15, 0.2) is 34.1 Å². The van der Waals surface area contributed by atoms with Crippen molar-refractivity contribution in [3.8, 4) is 0 Å². The number of carboxylic acid groups (broad SMARTS) is 1. The van der Waals surface area contributed by atoms with Gasteiger partial charge in [-0.05, 0) is 25.5 Å². The van der Waals surface area contributed by atoms with Gasteiger partial charge in [0.2, 0.25) is 0 Å². The first-order valence-electron chi connectivity index (χ1n) is 5.59. The van der Waals surface area contributed by atoms with Crippen molar-refractivity contribution < 1.29 is 18.3 Å². The molecule has 0 unspecified atom stereocenters. The van der Waals surface area contributed by atoms with Crippen molar-refractivity contribution in [3.63, 3.8) is 0 Å². The van der Waals surface area contributed by atoms with Gasteiger partial charge in [0.25, 0.3) is 0 Å². The molecule has 1 atom stereocenters. The molecule has 0 saturated heterocycles. The van der Waals surface area contributed by atoms with Crippen LogP contribution in [0.4, 0.5) is 0 Å². The molecule has 1 N–H and O–H groups in total. The first kappa shape index (κ1) is 15.0. The van der Waals surface area contributed by atoms with Gasteiger partial charge in [0.15, 0.2) is 9.84 Å². The smallest absolute Gasteiger partial charge is 0.316 e. The minimum atomic E-state index is -3.33. The first-order valence-corrected chi connectivity index (χ1v) is 8.13. The van der Waals surface area contributed by atoms with Gasteiger partial charge in [0.1, 0.15) is 5.25 Å². The second kappa shape index (κ2) is 6.24. The molecule has 1 rings (SSSR count). The SMILES string of the molecule is CCCS(=O)(=O)c1ccccc1S[C@H](C)C(=O)O. The molecular weight excluding hydrogens is 272 g/mol. The van der Waals surface area contributed by atoms with Gasteiger partial charge in [-0.3, -0.25) is 4.79 Å². The fraction of sp³-hybridized carbons (Fsp3) is 0.417. The standard InChI is InChI=1S/C12H16O4S2/c1-3-8-18(15,16)11-7-5-4-6-10(11)17-9(2)12(13)14/h4-7,9H,3,8H2,1-2H3,(H,13,14)/t9-/m1/s1. The van der Waals surface area contributed by atoms with Crippen molar-refractivity contribution >= 4 is 27.6 Å².